The Bertz CT molecular complexity index is 2880. The zero-order valence-corrected chi connectivity index (χ0v) is 40.5. The summed E-state index contributed by atoms with van der Waals surface area (Å²) < 4.78 is 34.0. The van der Waals surface area contributed by atoms with Gasteiger partial charge in [-0.2, -0.15) is 10.2 Å². The number of sulfonamides is 1. The number of azo groups is 1. The van der Waals surface area contributed by atoms with Crippen molar-refractivity contribution >= 4 is 44.8 Å². The number of hydrogen-bond acceptors (Lipinski definition) is 12. The standard InChI is InChI=1S/C54H59N5O8S/c1-9-59(36(7)30-38-16-19-40(20-17-38)33(2)3)37(8)44-13-12-14-49(51(44)52(62)34(4)5)67-54(64)46-31-39(18-26-48(46)61)29-35(6)53(63)45-32-42(23-27-47(45)60)57-56-41-21-24-43(25-22-41)68(65,66)58-50-15-10-11-28-55-50/h10-28,31-37,60-61H,9,29-30H2,1-8H3,(H,55,58)/b57-56+. The zero-order chi connectivity index (χ0) is 49.3. The number of aromatic nitrogens is 1. The summed E-state index contributed by atoms with van der Waals surface area (Å²) in [5.74, 6) is -2.45. The number of phenolic OH excluding ortho intramolecular Hbond substituents is 2. The zero-order valence-electron chi connectivity index (χ0n) is 39.7. The minimum Gasteiger partial charge on any atom is -0.507 e. The summed E-state index contributed by atoms with van der Waals surface area (Å²) in [5, 5.41) is 30.0. The van der Waals surface area contributed by atoms with E-state index >= 15 is 0 Å². The van der Waals surface area contributed by atoms with Gasteiger partial charge in [0.1, 0.15) is 28.6 Å². The number of carbonyl (C=O) groups excluding carboxylic acids is 3. The molecule has 14 heteroatoms. The number of nitrogens with zero attached hydrogens (tertiary/aromatic N) is 4. The third-order valence-electron chi connectivity index (χ3n) is 11.9. The van der Waals surface area contributed by atoms with E-state index in [2.05, 4.69) is 83.7 Å². The minimum absolute atomic E-state index is 0.00202. The van der Waals surface area contributed by atoms with E-state index in [0.29, 0.717) is 29.3 Å². The summed E-state index contributed by atoms with van der Waals surface area (Å²) in [5.41, 5.74) is 4.55. The maximum atomic E-state index is 14.0. The normalized spacial score (nSPS) is 13.2. The van der Waals surface area contributed by atoms with Gasteiger partial charge in [-0.25, -0.2) is 18.2 Å². The second-order valence-electron chi connectivity index (χ2n) is 17.6. The van der Waals surface area contributed by atoms with Gasteiger partial charge in [-0.3, -0.25) is 19.2 Å². The van der Waals surface area contributed by atoms with Gasteiger partial charge < -0.3 is 14.9 Å². The van der Waals surface area contributed by atoms with Crippen LogP contribution in [0.1, 0.15) is 121 Å². The van der Waals surface area contributed by atoms with Gasteiger partial charge in [-0.1, -0.05) is 90.1 Å². The molecule has 1 aromatic heterocycles. The van der Waals surface area contributed by atoms with Crippen molar-refractivity contribution < 1.29 is 37.8 Å². The van der Waals surface area contributed by atoms with Crippen LogP contribution in [0.2, 0.25) is 0 Å². The molecule has 0 fully saturated rings. The third kappa shape index (κ3) is 12.3. The lowest BCUT2D eigenvalue weighted by Gasteiger charge is -2.35. The number of rotatable bonds is 20. The Morgan fingerprint density at radius 1 is 0.706 bits per heavy atom. The van der Waals surface area contributed by atoms with Gasteiger partial charge in [0.05, 0.1) is 27.4 Å². The first-order chi connectivity index (χ1) is 32.4. The molecule has 1 heterocycles. The number of nitrogens with one attached hydrogen (secondary N) is 1. The molecule has 3 N–H and O–H groups in total. The Kier molecular flexibility index (Phi) is 16.4. The van der Waals surface area contributed by atoms with Crippen LogP contribution in [0.3, 0.4) is 0 Å². The number of Topliss-reactive ketones (excluding diaryl/α,β-unsaturated/α-hetero) is 2. The summed E-state index contributed by atoms with van der Waals surface area (Å²) in [4.78, 5) is 48.0. The second kappa shape index (κ2) is 22.2. The van der Waals surface area contributed by atoms with E-state index in [0.717, 1.165) is 12.0 Å². The summed E-state index contributed by atoms with van der Waals surface area (Å²) in [6, 6.07) is 33.1. The Morgan fingerprint density at radius 3 is 2.00 bits per heavy atom. The SMILES string of the molecule is CCN(C(C)Cc1ccc(C(C)C)cc1)C(C)c1cccc(OC(=O)c2cc(CC(C)C(=O)c3cc(/N=N/c4ccc(S(=O)(=O)Nc5ccccn5)cc4)ccc3O)ccc2O)c1C(=O)C(C)C. The number of phenols is 2. The Morgan fingerprint density at radius 2 is 1.35 bits per heavy atom. The van der Waals surface area contributed by atoms with Crippen molar-refractivity contribution in [2.75, 3.05) is 11.3 Å². The van der Waals surface area contributed by atoms with Gasteiger partial charge in [0, 0.05) is 30.1 Å². The molecule has 0 spiro atoms. The number of anilines is 1. The fraction of sp³-hybridized carbons (Fsp3) is 0.296. The topological polar surface area (TPSA) is 188 Å². The number of esters is 1. The van der Waals surface area contributed by atoms with Crippen LogP contribution in [0, 0.1) is 11.8 Å². The number of benzene rings is 5. The Labute approximate surface area is 399 Å². The van der Waals surface area contributed by atoms with Crippen molar-refractivity contribution in [3.05, 3.63) is 166 Å². The molecule has 13 nitrogen and oxygen atoms in total. The predicted octanol–water partition coefficient (Wildman–Crippen LogP) is 12.0. The van der Waals surface area contributed by atoms with Crippen LogP contribution >= 0.6 is 0 Å². The largest absolute Gasteiger partial charge is 0.507 e. The molecule has 5 aromatic carbocycles. The van der Waals surface area contributed by atoms with E-state index in [1.54, 1.807) is 51.1 Å². The molecule has 0 amide bonds. The quantitative estimate of drug-likeness (QED) is 0.0288. The van der Waals surface area contributed by atoms with Crippen LogP contribution in [0.5, 0.6) is 17.2 Å². The molecule has 354 valence electrons. The molecule has 0 aliphatic heterocycles. The van der Waals surface area contributed by atoms with Crippen LogP contribution in [0.15, 0.2) is 143 Å². The highest BCUT2D eigenvalue weighted by Crippen LogP contribution is 2.35. The number of aromatic hydroxyl groups is 2. The molecule has 0 radical (unpaired) electrons. The van der Waals surface area contributed by atoms with Crippen molar-refractivity contribution in [2.45, 2.75) is 91.1 Å². The van der Waals surface area contributed by atoms with Crippen molar-refractivity contribution in [3.8, 4) is 17.2 Å². The van der Waals surface area contributed by atoms with Crippen LogP contribution in [0.4, 0.5) is 17.2 Å². The highest BCUT2D eigenvalue weighted by molar-refractivity contribution is 7.92. The van der Waals surface area contributed by atoms with Gasteiger partial charge in [0.2, 0.25) is 0 Å². The average molecular weight is 938 g/mol. The number of hydrogen-bond donors (Lipinski definition) is 3. The predicted molar refractivity (Wildman–Crippen MR) is 264 cm³/mol. The van der Waals surface area contributed by atoms with Crippen molar-refractivity contribution in [1.29, 1.82) is 0 Å². The lowest BCUT2D eigenvalue weighted by Crippen LogP contribution is -2.37. The molecule has 0 aliphatic carbocycles. The van der Waals surface area contributed by atoms with Crippen LogP contribution in [-0.2, 0) is 22.9 Å². The molecule has 3 unspecified atom stereocenters. The molecule has 6 rings (SSSR count). The average Bonchev–Trinajstić information content (AvgIpc) is 3.31. The fourth-order valence-corrected chi connectivity index (χ4v) is 9.14. The van der Waals surface area contributed by atoms with E-state index in [9.17, 15) is 33.0 Å². The molecular formula is C54H59N5O8S. The maximum absolute atomic E-state index is 14.0. The smallest absolute Gasteiger partial charge is 0.347 e. The van der Waals surface area contributed by atoms with Gasteiger partial charge in [0.15, 0.2) is 11.6 Å². The fourth-order valence-electron chi connectivity index (χ4n) is 8.13. The van der Waals surface area contributed by atoms with Crippen molar-refractivity contribution in [2.24, 2.45) is 22.1 Å². The van der Waals surface area contributed by atoms with Gasteiger partial charge in [-0.05, 0) is 134 Å². The number of ketones is 2. The highest BCUT2D eigenvalue weighted by Gasteiger charge is 2.30. The summed E-state index contributed by atoms with van der Waals surface area (Å²) in [6.45, 7) is 16.7. The van der Waals surface area contributed by atoms with Crippen LogP contribution in [0.25, 0.3) is 0 Å². The minimum atomic E-state index is -3.89. The monoisotopic (exact) mass is 937 g/mol. The van der Waals surface area contributed by atoms with Gasteiger partial charge >= 0.3 is 5.97 Å². The first kappa shape index (κ1) is 50.4. The Hall–Kier alpha value is -7.03. The number of likely N-dealkylation sites (N-methyl/N-ethyl adjacent to an activating group) is 1. The van der Waals surface area contributed by atoms with E-state index in [1.165, 1.54) is 78.0 Å². The van der Waals surface area contributed by atoms with Crippen LogP contribution < -0.4 is 9.46 Å². The summed E-state index contributed by atoms with van der Waals surface area (Å²) >= 11 is 0. The van der Waals surface area contributed by atoms with Gasteiger partial charge in [-0.15, -0.1) is 0 Å². The van der Waals surface area contributed by atoms with Crippen molar-refractivity contribution in [3.63, 3.8) is 0 Å². The van der Waals surface area contributed by atoms with Crippen molar-refractivity contribution in [1.82, 2.24) is 9.88 Å². The number of carbonyl (C=O) groups is 3. The molecule has 0 saturated carbocycles. The number of pyridine rings is 1. The first-order valence-corrected chi connectivity index (χ1v) is 24.2. The lowest BCUT2D eigenvalue weighted by molar-refractivity contribution is 0.0727. The molecule has 6 aromatic rings. The molecule has 0 aliphatic rings. The molecule has 0 saturated heterocycles. The molecule has 0 bridgehead atoms. The van der Waals surface area contributed by atoms with E-state index in [1.807, 2.05) is 6.07 Å². The first-order valence-electron chi connectivity index (χ1n) is 22.7. The third-order valence-corrected chi connectivity index (χ3v) is 13.3. The summed E-state index contributed by atoms with van der Waals surface area (Å²) in [6.07, 6.45) is 2.41. The molecular weight excluding hydrogens is 879 g/mol. The molecule has 3 atom stereocenters. The number of ether oxygens (including phenoxy) is 1. The summed E-state index contributed by atoms with van der Waals surface area (Å²) in [7, 11) is -3.89. The Balaban J connectivity index is 1.16. The lowest BCUT2D eigenvalue weighted by atomic mass is 9.90. The second-order valence-corrected chi connectivity index (χ2v) is 19.3. The van der Waals surface area contributed by atoms with E-state index in [-0.39, 0.29) is 69.1 Å². The van der Waals surface area contributed by atoms with Crippen LogP contribution in [-0.4, -0.2) is 58.6 Å². The van der Waals surface area contributed by atoms with E-state index < -0.39 is 33.6 Å². The maximum Gasteiger partial charge on any atom is 0.347 e. The van der Waals surface area contributed by atoms with Gasteiger partial charge in [0.25, 0.3) is 10.0 Å². The highest BCUT2D eigenvalue weighted by atomic mass is 32.2. The molecule has 68 heavy (non-hydrogen) atoms. The van der Waals surface area contributed by atoms with E-state index in [4.69, 9.17) is 4.74 Å².